The minimum atomic E-state index is -0.0844. The molecular formula is C16H23ClN4. The standard InChI is InChI=1S/C16H23ClN4/c1-5-14-16(17)15(21(4)19-14)10-13(18)11-6-8-12(9-7-11)20(2)3/h6-9,13H,5,10,18H2,1-4H3. The zero-order valence-electron chi connectivity index (χ0n) is 13.1. The van der Waals surface area contributed by atoms with Gasteiger partial charge in [0.2, 0.25) is 0 Å². The number of halogens is 1. The maximum Gasteiger partial charge on any atom is 0.0850 e. The fourth-order valence-electron chi connectivity index (χ4n) is 2.39. The summed E-state index contributed by atoms with van der Waals surface area (Å²) in [6.45, 7) is 2.05. The molecule has 0 saturated carbocycles. The first-order valence-electron chi connectivity index (χ1n) is 7.17. The molecular weight excluding hydrogens is 284 g/mol. The van der Waals surface area contributed by atoms with Crippen LogP contribution >= 0.6 is 11.6 Å². The molecule has 0 aliphatic rings. The summed E-state index contributed by atoms with van der Waals surface area (Å²) < 4.78 is 1.84. The van der Waals surface area contributed by atoms with Crippen LogP contribution in [0.5, 0.6) is 0 Å². The molecule has 1 atom stereocenters. The number of nitrogens with two attached hydrogens (primary N) is 1. The first-order chi connectivity index (χ1) is 9.93. The lowest BCUT2D eigenvalue weighted by atomic mass is 10.0. The fraction of sp³-hybridized carbons (Fsp3) is 0.438. The number of benzene rings is 1. The van der Waals surface area contributed by atoms with Gasteiger partial charge in [-0.25, -0.2) is 0 Å². The molecule has 1 aromatic heterocycles. The summed E-state index contributed by atoms with van der Waals surface area (Å²) in [5, 5.41) is 5.19. The molecule has 1 aromatic carbocycles. The van der Waals surface area contributed by atoms with E-state index in [0.29, 0.717) is 6.42 Å². The number of aromatic nitrogens is 2. The van der Waals surface area contributed by atoms with Crippen LogP contribution in [-0.4, -0.2) is 23.9 Å². The molecule has 1 unspecified atom stereocenters. The molecule has 0 saturated heterocycles. The molecule has 2 N–H and O–H groups in total. The Morgan fingerprint density at radius 3 is 2.38 bits per heavy atom. The quantitative estimate of drug-likeness (QED) is 0.924. The molecule has 0 fully saturated rings. The van der Waals surface area contributed by atoms with E-state index in [4.69, 9.17) is 17.3 Å². The molecule has 0 radical (unpaired) electrons. The van der Waals surface area contributed by atoms with E-state index in [-0.39, 0.29) is 6.04 Å². The Morgan fingerprint density at radius 2 is 1.90 bits per heavy atom. The SMILES string of the molecule is CCc1nn(C)c(CC(N)c2ccc(N(C)C)cc2)c1Cl. The molecule has 21 heavy (non-hydrogen) atoms. The monoisotopic (exact) mass is 306 g/mol. The highest BCUT2D eigenvalue weighted by Crippen LogP contribution is 2.26. The van der Waals surface area contributed by atoms with Gasteiger partial charge >= 0.3 is 0 Å². The number of hydrogen-bond donors (Lipinski definition) is 1. The van der Waals surface area contributed by atoms with E-state index in [1.165, 1.54) is 0 Å². The molecule has 4 nitrogen and oxygen atoms in total. The third-order valence-corrected chi connectivity index (χ3v) is 4.19. The number of aryl methyl sites for hydroxylation is 2. The normalized spacial score (nSPS) is 12.5. The van der Waals surface area contributed by atoms with E-state index in [1.807, 2.05) is 25.8 Å². The van der Waals surface area contributed by atoms with E-state index in [2.05, 4.69) is 41.2 Å². The average molecular weight is 307 g/mol. The second kappa shape index (κ2) is 6.50. The lowest BCUT2D eigenvalue weighted by molar-refractivity contribution is 0.638. The summed E-state index contributed by atoms with van der Waals surface area (Å²) in [6.07, 6.45) is 1.52. The van der Waals surface area contributed by atoms with Crippen LogP contribution < -0.4 is 10.6 Å². The van der Waals surface area contributed by atoms with Gasteiger partial charge in [0, 0.05) is 39.3 Å². The molecule has 114 valence electrons. The number of hydrogen-bond acceptors (Lipinski definition) is 3. The smallest absolute Gasteiger partial charge is 0.0850 e. The molecule has 0 amide bonds. The number of rotatable bonds is 5. The van der Waals surface area contributed by atoms with Crippen molar-refractivity contribution in [2.45, 2.75) is 25.8 Å². The van der Waals surface area contributed by atoms with Gasteiger partial charge in [-0.15, -0.1) is 0 Å². The molecule has 2 aromatic rings. The fourth-order valence-corrected chi connectivity index (χ4v) is 2.76. The van der Waals surface area contributed by atoms with Gasteiger partial charge in [0.1, 0.15) is 0 Å². The van der Waals surface area contributed by atoms with E-state index in [1.54, 1.807) is 0 Å². The Morgan fingerprint density at radius 1 is 1.29 bits per heavy atom. The van der Waals surface area contributed by atoms with E-state index in [0.717, 1.165) is 34.1 Å². The van der Waals surface area contributed by atoms with Gasteiger partial charge in [0.25, 0.3) is 0 Å². The van der Waals surface area contributed by atoms with Crippen LogP contribution in [0.25, 0.3) is 0 Å². The molecule has 2 rings (SSSR count). The predicted octanol–water partition coefficient (Wildman–Crippen LogP) is 2.94. The molecule has 1 heterocycles. The van der Waals surface area contributed by atoms with Gasteiger partial charge in [-0.05, 0) is 24.1 Å². The highest BCUT2D eigenvalue weighted by Gasteiger charge is 2.17. The van der Waals surface area contributed by atoms with Crippen LogP contribution in [0.2, 0.25) is 5.02 Å². The summed E-state index contributed by atoms with van der Waals surface area (Å²) in [4.78, 5) is 2.07. The highest BCUT2D eigenvalue weighted by atomic mass is 35.5. The van der Waals surface area contributed by atoms with Gasteiger partial charge in [0.15, 0.2) is 0 Å². The highest BCUT2D eigenvalue weighted by molar-refractivity contribution is 6.31. The Balaban J connectivity index is 2.18. The second-order valence-electron chi connectivity index (χ2n) is 5.48. The van der Waals surface area contributed by atoms with Crippen LogP contribution in [0, 0.1) is 0 Å². The molecule has 0 aliphatic carbocycles. The summed E-state index contributed by atoms with van der Waals surface area (Å²) in [5.41, 5.74) is 10.5. The minimum Gasteiger partial charge on any atom is -0.378 e. The minimum absolute atomic E-state index is 0.0844. The Bertz CT molecular complexity index is 601. The maximum atomic E-state index is 6.38. The van der Waals surface area contributed by atoms with Gasteiger partial charge in [0.05, 0.1) is 16.4 Å². The van der Waals surface area contributed by atoms with Crippen molar-refractivity contribution >= 4 is 17.3 Å². The van der Waals surface area contributed by atoms with E-state index < -0.39 is 0 Å². The largest absolute Gasteiger partial charge is 0.378 e. The Labute approximate surface area is 131 Å². The Hall–Kier alpha value is -1.52. The van der Waals surface area contributed by atoms with Crippen molar-refractivity contribution in [2.75, 3.05) is 19.0 Å². The molecule has 0 bridgehead atoms. The van der Waals surface area contributed by atoms with Crippen molar-refractivity contribution in [3.8, 4) is 0 Å². The summed E-state index contributed by atoms with van der Waals surface area (Å²) >= 11 is 6.38. The second-order valence-corrected chi connectivity index (χ2v) is 5.86. The van der Waals surface area contributed by atoms with Gasteiger partial charge < -0.3 is 10.6 Å². The average Bonchev–Trinajstić information content (AvgIpc) is 2.74. The van der Waals surface area contributed by atoms with Crippen molar-refractivity contribution in [1.29, 1.82) is 0 Å². The molecule has 0 spiro atoms. The van der Waals surface area contributed by atoms with Crippen LogP contribution in [0.15, 0.2) is 24.3 Å². The number of anilines is 1. The van der Waals surface area contributed by atoms with Crippen molar-refractivity contribution in [1.82, 2.24) is 9.78 Å². The first kappa shape index (κ1) is 15.9. The Kier molecular flexibility index (Phi) is 4.91. The van der Waals surface area contributed by atoms with Crippen LogP contribution in [0.4, 0.5) is 5.69 Å². The van der Waals surface area contributed by atoms with Crippen LogP contribution in [-0.2, 0) is 19.9 Å². The van der Waals surface area contributed by atoms with Crippen molar-refractivity contribution < 1.29 is 0 Å². The predicted molar refractivity (Wildman–Crippen MR) is 89.0 cm³/mol. The lowest BCUT2D eigenvalue weighted by Crippen LogP contribution is -2.16. The van der Waals surface area contributed by atoms with Gasteiger partial charge in [-0.2, -0.15) is 5.10 Å². The summed E-state index contributed by atoms with van der Waals surface area (Å²) in [5.74, 6) is 0. The van der Waals surface area contributed by atoms with Crippen LogP contribution in [0.3, 0.4) is 0 Å². The van der Waals surface area contributed by atoms with Crippen molar-refractivity contribution in [3.63, 3.8) is 0 Å². The van der Waals surface area contributed by atoms with Crippen molar-refractivity contribution in [3.05, 3.63) is 46.2 Å². The summed E-state index contributed by atoms with van der Waals surface area (Å²) in [7, 11) is 5.97. The van der Waals surface area contributed by atoms with Crippen LogP contribution in [0.1, 0.15) is 29.9 Å². The zero-order valence-corrected chi connectivity index (χ0v) is 13.9. The third kappa shape index (κ3) is 3.39. The van der Waals surface area contributed by atoms with E-state index >= 15 is 0 Å². The summed E-state index contributed by atoms with van der Waals surface area (Å²) in [6, 6.07) is 8.23. The van der Waals surface area contributed by atoms with E-state index in [9.17, 15) is 0 Å². The molecule has 5 heteroatoms. The maximum absolute atomic E-state index is 6.38. The number of nitrogens with zero attached hydrogens (tertiary/aromatic N) is 3. The van der Waals surface area contributed by atoms with Crippen molar-refractivity contribution in [2.24, 2.45) is 12.8 Å². The lowest BCUT2D eigenvalue weighted by Gasteiger charge is -2.16. The molecule has 0 aliphatic heterocycles. The van der Waals surface area contributed by atoms with Gasteiger partial charge in [-0.3, -0.25) is 4.68 Å². The first-order valence-corrected chi connectivity index (χ1v) is 7.55. The topological polar surface area (TPSA) is 47.1 Å². The zero-order chi connectivity index (χ0) is 15.6. The third-order valence-electron chi connectivity index (χ3n) is 3.75. The van der Waals surface area contributed by atoms with Gasteiger partial charge in [-0.1, -0.05) is 30.7 Å².